The normalized spacial score (nSPS) is 11.0. The molecule has 0 aliphatic rings. The molecular formula is C12H16N2O. The minimum absolute atomic E-state index is 0.408. The largest absolute Gasteiger partial charge is 0.507 e. The second-order valence-electron chi connectivity index (χ2n) is 3.76. The molecule has 0 bridgehead atoms. The fourth-order valence-electron chi connectivity index (χ4n) is 1.82. The number of unbranched alkanes of at least 4 members (excludes halogenated alkanes) is 1. The number of nitrogens with one attached hydrogen (secondary N) is 1. The van der Waals surface area contributed by atoms with E-state index >= 15 is 0 Å². The summed E-state index contributed by atoms with van der Waals surface area (Å²) in [6, 6.07) is 5.88. The summed E-state index contributed by atoms with van der Waals surface area (Å²) in [5.74, 6) is 0.408. The number of phenols is 1. The third kappa shape index (κ3) is 1.97. The van der Waals surface area contributed by atoms with E-state index in [0.717, 1.165) is 35.7 Å². The molecule has 0 fully saturated rings. The highest BCUT2D eigenvalue weighted by atomic mass is 16.3. The third-order valence-electron chi connectivity index (χ3n) is 2.69. The number of rotatable bonds is 4. The van der Waals surface area contributed by atoms with Crippen LogP contribution in [-0.4, -0.2) is 16.6 Å². The van der Waals surface area contributed by atoms with Gasteiger partial charge in [-0.15, -0.1) is 0 Å². The van der Waals surface area contributed by atoms with Gasteiger partial charge >= 0.3 is 0 Å². The van der Waals surface area contributed by atoms with Crippen molar-refractivity contribution < 1.29 is 5.11 Å². The van der Waals surface area contributed by atoms with Crippen molar-refractivity contribution in [3.05, 3.63) is 30.0 Å². The Morgan fingerprint density at radius 2 is 2.07 bits per heavy atom. The lowest BCUT2D eigenvalue weighted by Gasteiger charge is -2.05. The molecule has 0 atom stereocenters. The standard InChI is InChI=1S/C12H16N2O/c13-7-2-1-3-9-4-5-11-10(12(9)15)6-8-14-11/h4-6,8,14-15H,1-3,7,13H2. The van der Waals surface area contributed by atoms with Crippen LogP contribution < -0.4 is 5.73 Å². The molecule has 80 valence electrons. The van der Waals surface area contributed by atoms with E-state index in [2.05, 4.69) is 4.98 Å². The summed E-state index contributed by atoms with van der Waals surface area (Å²) in [7, 11) is 0. The van der Waals surface area contributed by atoms with Gasteiger partial charge < -0.3 is 15.8 Å². The van der Waals surface area contributed by atoms with Crippen molar-refractivity contribution in [2.24, 2.45) is 5.73 Å². The third-order valence-corrected chi connectivity index (χ3v) is 2.69. The van der Waals surface area contributed by atoms with Crippen LogP contribution in [0.3, 0.4) is 0 Å². The summed E-state index contributed by atoms with van der Waals surface area (Å²) < 4.78 is 0. The second-order valence-corrected chi connectivity index (χ2v) is 3.76. The minimum atomic E-state index is 0.408. The number of aromatic hydroxyl groups is 1. The summed E-state index contributed by atoms with van der Waals surface area (Å²) in [5, 5.41) is 10.9. The lowest BCUT2D eigenvalue weighted by atomic mass is 10.0. The van der Waals surface area contributed by atoms with Crippen LogP contribution in [0.25, 0.3) is 10.9 Å². The Morgan fingerprint density at radius 3 is 2.87 bits per heavy atom. The molecule has 3 heteroatoms. The van der Waals surface area contributed by atoms with Crippen molar-refractivity contribution in [3.63, 3.8) is 0 Å². The number of hydrogen-bond donors (Lipinski definition) is 3. The number of aromatic amines is 1. The monoisotopic (exact) mass is 204 g/mol. The van der Waals surface area contributed by atoms with Crippen LogP contribution in [0.4, 0.5) is 0 Å². The van der Waals surface area contributed by atoms with Crippen LogP contribution in [-0.2, 0) is 6.42 Å². The van der Waals surface area contributed by atoms with Gasteiger partial charge in [0.25, 0.3) is 0 Å². The van der Waals surface area contributed by atoms with Crippen LogP contribution in [0, 0.1) is 0 Å². The van der Waals surface area contributed by atoms with Gasteiger partial charge in [-0.3, -0.25) is 0 Å². The van der Waals surface area contributed by atoms with Crippen molar-refractivity contribution in [2.75, 3.05) is 6.54 Å². The molecule has 0 amide bonds. The Bertz CT molecular complexity index is 448. The fourth-order valence-corrected chi connectivity index (χ4v) is 1.82. The van der Waals surface area contributed by atoms with Crippen LogP contribution in [0.5, 0.6) is 5.75 Å². The molecule has 4 N–H and O–H groups in total. The zero-order valence-corrected chi connectivity index (χ0v) is 8.66. The highest BCUT2D eigenvalue weighted by Gasteiger charge is 2.06. The molecule has 1 aromatic heterocycles. The van der Waals surface area contributed by atoms with E-state index in [-0.39, 0.29) is 0 Å². The number of aromatic nitrogens is 1. The molecule has 15 heavy (non-hydrogen) atoms. The van der Waals surface area contributed by atoms with Crippen LogP contribution in [0.2, 0.25) is 0 Å². The van der Waals surface area contributed by atoms with E-state index in [4.69, 9.17) is 5.73 Å². The zero-order valence-electron chi connectivity index (χ0n) is 8.66. The van der Waals surface area contributed by atoms with Gasteiger partial charge in [0.15, 0.2) is 0 Å². The van der Waals surface area contributed by atoms with E-state index in [1.807, 2.05) is 24.4 Å². The first-order valence-electron chi connectivity index (χ1n) is 5.31. The van der Waals surface area contributed by atoms with Crippen molar-refractivity contribution in [2.45, 2.75) is 19.3 Å². The molecule has 0 saturated heterocycles. The van der Waals surface area contributed by atoms with E-state index in [0.29, 0.717) is 12.3 Å². The number of benzene rings is 1. The summed E-state index contributed by atoms with van der Waals surface area (Å²) in [6.45, 7) is 0.715. The predicted octanol–water partition coefficient (Wildman–Crippen LogP) is 2.15. The first-order chi connectivity index (χ1) is 7.33. The molecule has 2 rings (SSSR count). The molecule has 0 spiro atoms. The molecule has 1 aromatic carbocycles. The van der Waals surface area contributed by atoms with Gasteiger partial charge in [0, 0.05) is 17.1 Å². The maximum atomic E-state index is 9.99. The number of aryl methyl sites for hydroxylation is 1. The van der Waals surface area contributed by atoms with Crippen molar-refractivity contribution >= 4 is 10.9 Å². The van der Waals surface area contributed by atoms with Crippen molar-refractivity contribution in [1.29, 1.82) is 0 Å². The SMILES string of the molecule is NCCCCc1ccc2[nH]ccc2c1O. The van der Waals surface area contributed by atoms with Gasteiger partial charge in [-0.05, 0) is 43.5 Å². The number of H-pyrrole nitrogens is 1. The second kappa shape index (κ2) is 4.36. The van der Waals surface area contributed by atoms with Gasteiger partial charge in [0.2, 0.25) is 0 Å². The zero-order chi connectivity index (χ0) is 10.7. The first-order valence-corrected chi connectivity index (χ1v) is 5.31. The van der Waals surface area contributed by atoms with Crippen molar-refractivity contribution in [3.8, 4) is 5.75 Å². The lowest BCUT2D eigenvalue weighted by Crippen LogP contribution is -1.99. The number of phenolic OH excluding ortho intramolecular Hbond substituents is 1. The van der Waals surface area contributed by atoms with Crippen LogP contribution >= 0.6 is 0 Å². The Balaban J connectivity index is 2.23. The van der Waals surface area contributed by atoms with Gasteiger partial charge in [0.05, 0.1) is 0 Å². The summed E-state index contributed by atoms with van der Waals surface area (Å²) in [5.41, 5.74) is 7.43. The Labute approximate surface area is 88.9 Å². The molecule has 1 heterocycles. The first kappa shape index (κ1) is 10.1. The molecule has 0 saturated carbocycles. The molecule has 0 unspecified atom stereocenters. The highest BCUT2D eigenvalue weighted by Crippen LogP contribution is 2.28. The van der Waals surface area contributed by atoms with Crippen molar-refractivity contribution in [1.82, 2.24) is 4.98 Å². The molecule has 2 aromatic rings. The Morgan fingerprint density at radius 1 is 1.20 bits per heavy atom. The highest BCUT2D eigenvalue weighted by molar-refractivity contribution is 5.86. The molecular weight excluding hydrogens is 188 g/mol. The average Bonchev–Trinajstić information content (AvgIpc) is 2.70. The van der Waals surface area contributed by atoms with E-state index in [1.54, 1.807) is 0 Å². The molecule has 0 aliphatic heterocycles. The average molecular weight is 204 g/mol. The topological polar surface area (TPSA) is 62.0 Å². The number of fused-ring (bicyclic) bond motifs is 1. The Hall–Kier alpha value is -1.48. The predicted molar refractivity (Wildman–Crippen MR) is 62.0 cm³/mol. The molecule has 0 radical (unpaired) electrons. The Kier molecular flexibility index (Phi) is 2.92. The minimum Gasteiger partial charge on any atom is -0.507 e. The van der Waals surface area contributed by atoms with E-state index in [1.165, 1.54) is 0 Å². The maximum Gasteiger partial charge on any atom is 0.128 e. The van der Waals surface area contributed by atoms with E-state index < -0.39 is 0 Å². The molecule has 0 aliphatic carbocycles. The lowest BCUT2D eigenvalue weighted by molar-refractivity contribution is 0.473. The van der Waals surface area contributed by atoms with Crippen LogP contribution in [0.1, 0.15) is 18.4 Å². The van der Waals surface area contributed by atoms with Gasteiger partial charge in [-0.1, -0.05) is 6.07 Å². The summed E-state index contributed by atoms with van der Waals surface area (Å²) in [4.78, 5) is 3.07. The summed E-state index contributed by atoms with van der Waals surface area (Å²) >= 11 is 0. The van der Waals surface area contributed by atoms with Gasteiger partial charge in [-0.2, -0.15) is 0 Å². The van der Waals surface area contributed by atoms with Gasteiger partial charge in [-0.25, -0.2) is 0 Å². The van der Waals surface area contributed by atoms with E-state index in [9.17, 15) is 5.11 Å². The maximum absolute atomic E-state index is 9.99. The number of hydrogen-bond acceptors (Lipinski definition) is 2. The van der Waals surface area contributed by atoms with Crippen LogP contribution in [0.15, 0.2) is 24.4 Å². The fraction of sp³-hybridized carbons (Fsp3) is 0.333. The summed E-state index contributed by atoms with van der Waals surface area (Å²) in [6.07, 6.45) is 4.77. The quantitative estimate of drug-likeness (QED) is 0.668. The van der Waals surface area contributed by atoms with Gasteiger partial charge in [0.1, 0.15) is 5.75 Å². The molecule has 3 nitrogen and oxygen atoms in total. The smallest absolute Gasteiger partial charge is 0.128 e. The number of nitrogens with two attached hydrogens (primary N) is 1.